The van der Waals surface area contributed by atoms with Gasteiger partial charge in [0.1, 0.15) is 11.5 Å². The number of aliphatic hydroxyl groups is 1. The van der Waals surface area contributed by atoms with Crippen LogP contribution in [-0.2, 0) is 14.3 Å². The number of non-ortho nitro benzene ring substituents is 1. The van der Waals surface area contributed by atoms with Crippen LogP contribution in [0.5, 0.6) is 5.75 Å². The molecule has 3 rings (SSSR count). The second-order valence-corrected chi connectivity index (χ2v) is 8.52. The van der Waals surface area contributed by atoms with Gasteiger partial charge in [0.05, 0.1) is 29.8 Å². The highest BCUT2D eigenvalue weighted by molar-refractivity contribution is 6.46. The van der Waals surface area contributed by atoms with Crippen molar-refractivity contribution in [1.82, 2.24) is 4.90 Å². The van der Waals surface area contributed by atoms with Crippen LogP contribution in [-0.4, -0.2) is 53.5 Å². The molecule has 180 valence electrons. The van der Waals surface area contributed by atoms with E-state index in [4.69, 9.17) is 9.47 Å². The van der Waals surface area contributed by atoms with Crippen LogP contribution >= 0.6 is 0 Å². The highest BCUT2D eigenvalue weighted by Gasteiger charge is 2.46. The van der Waals surface area contributed by atoms with Crippen LogP contribution in [0.15, 0.2) is 48.0 Å². The van der Waals surface area contributed by atoms with Crippen molar-refractivity contribution in [2.75, 3.05) is 26.9 Å². The van der Waals surface area contributed by atoms with Crippen molar-refractivity contribution in [3.8, 4) is 5.75 Å². The van der Waals surface area contributed by atoms with Crippen molar-refractivity contribution in [2.45, 2.75) is 26.8 Å². The Morgan fingerprint density at radius 1 is 1.21 bits per heavy atom. The average molecular weight is 469 g/mol. The van der Waals surface area contributed by atoms with Crippen LogP contribution in [0.2, 0.25) is 0 Å². The number of nitro groups is 1. The molecule has 0 aromatic heterocycles. The van der Waals surface area contributed by atoms with E-state index in [1.807, 2.05) is 13.8 Å². The topological polar surface area (TPSA) is 119 Å². The zero-order chi connectivity index (χ0) is 25.0. The fourth-order valence-corrected chi connectivity index (χ4v) is 3.85. The number of benzene rings is 2. The molecule has 1 N–H and O–H groups in total. The summed E-state index contributed by atoms with van der Waals surface area (Å²) in [6.07, 6.45) is 0. The van der Waals surface area contributed by atoms with E-state index in [0.717, 1.165) is 0 Å². The summed E-state index contributed by atoms with van der Waals surface area (Å²) in [6.45, 7) is 6.58. The molecule has 1 aliphatic heterocycles. The SMILES string of the molecule is COCCN1C(=O)C(=O)C(=C(O)c2ccc(OCC(C)C)cc2C)[C@H]1c1cccc([N+](=O)[O-])c1. The molecular weight excluding hydrogens is 440 g/mol. The maximum absolute atomic E-state index is 13.0. The molecule has 34 heavy (non-hydrogen) atoms. The molecule has 1 amide bonds. The number of nitro benzene ring substituents is 1. The minimum Gasteiger partial charge on any atom is -0.507 e. The molecule has 1 fully saturated rings. The number of nitrogens with zero attached hydrogens (tertiary/aromatic N) is 2. The fraction of sp³-hybridized carbons (Fsp3) is 0.360. The predicted molar refractivity (Wildman–Crippen MR) is 125 cm³/mol. The minimum atomic E-state index is -0.994. The first-order valence-electron chi connectivity index (χ1n) is 10.9. The number of methoxy groups -OCH3 is 1. The highest BCUT2D eigenvalue weighted by Crippen LogP contribution is 2.40. The number of amides is 1. The Hall–Kier alpha value is -3.72. The molecule has 0 radical (unpaired) electrons. The maximum atomic E-state index is 13.0. The molecule has 9 nitrogen and oxygen atoms in total. The number of hydrogen-bond donors (Lipinski definition) is 1. The Labute approximate surface area is 197 Å². The Morgan fingerprint density at radius 2 is 1.94 bits per heavy atom. The van der Waals surface area contributed by atoms with E-state index in [1.165, 1.54) is 30.2 Å². The van der Waals surface area contributed by atoms with Gasteiger partial charge in [-0.25, -0.2) is 0 Å². The fourth-order valence-electron chi connectivity index (χ4n) is 3.85. The molecule has 2 aromatic rings. The molecule has 0 bridgehead atoms. The lowest BCUT2D eigenvalue weighted by Gasteiger charge is -2.25. The van der Waals surface area contributed by atoms with E-state index < -0.39 is 22.7 Å². The van der Waals surface area contributed by atoms with Crippen LogP contribution in [0.1, 0.15) is 36.6 Å². The Morgan fingerprint density at radius 3 is 2.56 bits per heavy atom. The first kappa shape index (κ1) is 24.9. The van der Waals surface area contributed by atoms with Gasteiger partial charge in [-0.3, -0.25) is 19.7 Å². The van der Waals surface area contributed by atoms with E-state index in [0.29, 0.717) is 35.0 Å². The number of likely N-dealkylation sites (tertiary alicyclic amines) is 1. The third-order valence-corrected chi connectivity index (χ3v) is 5.51. The molecule has 0 spiro atoms. The van der Waals surface area contributed by atoms with Gasteiger partial charge in [0, 0.05) is 31.4 Å². The van der Waals surface area contributed by atoms with Crippen LogP contribution in [0, 0.1) is 23.0 Å². The normalized spacial score (nSPS) is 17.4. The summed E-state index contributed by atoms with van der Waals surface area (Å²) in [5.41, 5.74) is 1.07. The Kier molecular flexibility index (Phi) is 7.68. The molecule has 1 atom stereocenters. The monoisotopic (exact) mass is 468 g/mol. The van der Waals surface area contributed by atoms with Crippen molar-refractivity contribution >= 4 is 23.1 Å². The highest BCUT2D eigenvalue weighted by atomic mass is 16.6. The van der Waals surface area contributed by atoms with E-state index in [1.54, 1.807) is 31.2 Å². The third-order valence-electron chi connectivity index (χ3n) is 5.51. The summed E-state index contributed by atoms with van der Waals surface area (Å²) in [5.74, 6) is -1.04. The third kappa shape index (κ3) is 5.09. The van der Waals surface area contributed by atoms with Crippen molar-refractivity contribution in [2.24, 2.45) is 5.92 Å². The quantitative estimate of drug-likeness (QED) is 0.194. The zero-order valence-corrected chi connectivity index (χ0v) is 19.6. The summed E-state index contributed by atoms with van der Waals surface area (Å²) in [6, 6.07) is 9.78. The lowest BCUT2D eigenvalue weighted by molar-refractivity contribution is -0.384. The number of ketones is 1. The van der Waals surface area contributed by atoms with Gasteiger partial charge in [-0.15, -0.1) is 0 Å². The van der Waals surface area contributed by atoms with E-state index >= 15 is 0 Å². The van der Waals surface area contributed by atoms with Crippen LogP contribution in [0.25, 0.3) is 5.76 Å². The maximum Gasteiger partial charge on any atom is 0.295 e. The second kappa shape index (κ2) is 10.5. The van der Waals surface area contributed by atoms with Gasteiger partial charge in [0.25, 0.3) is 17.4 Å². The number of aliphatic hydroxyl groups excluding tert-OH is 1. The number of Topliss-reactive ketones (excluding diaryl/α,β-unsaturated/α-hetero) is 1. The van der Waals surface area contributed by atoms with Crippen molar-refractivity contribution in [1.29, 1.82) is 0 Å². The van der Waals surface area contributed by atoms with Crippen molar-refractivity contribution in [3.63, 3.8) is 0 Å². The molecule has 2 aromatic carbocycles. The number of carbonyl (C=O) groups is 2. The molecule has 1 heterocycles. The number of hydrogen-bond acceptors (Lipinski definition) is 7. The van der Waals surface area contributed by atoms with Crippen molar-refractivity contribution < 1.29 is 29.1 Å². The zero-order valence-electron chi connectivity index (χ0n) is 19.6. The largest absolute Gasteiger partial charge is 0.507 e. The molecule has 0 unspecified atom stereocenters. The second-order valence-electron chi connectivity index (χ2n) is 8.52. The van der Waals surface area contributed by atoms with Crippen LogP contribution in [0.4, 0.5) is 5.69 Å². The average Bonchev–Trinajstić information content (AvgIpc) is 3.06. The smallest absolute Gasteiger partial charge is 0.295 e. The molecule has 9 heteroatoms. The summed E-state index contributed by atoms with van der Waals surface area (Å²) in [4.78, 5) is 38.0. The summed E-state index contributed by atoms with van der Waals surface area (Å²) >= 11 is 0. The first-order valence-corrected chi connectivity index (χ1v) is 10.9. The van der Waals surface area contributed by atoms with Gasteiger partial charge in [-0.1, -0.05) is 26.0 Å². The molecule has 0 aliphatic carbocycles. The van der Waals surface area contributed by atoms with Gasteiger partial charge in [-0.2, -0.15) is 0 Å². The molecule has 0 saturated carbocycles. The standard InChI is InChI=1S/C25H28N2O7/c1-15(2)14-34-19-8-9-20(16(3)12-19)23(28)21-22(17-6-5-7-18(13-17)27(31)32)26(10-11-33-4)25(30)24(21)29/h5-9,12-13,15,22,28H,10-11,14H2,1-4H3/t22-/m1/s1. The minimum absolute atomic E-state index is 0.0756. The summed E-state index contributed by atoms with van der Waals surface area (Å²) in [5, 5.41) is 22.5. The van der Waals surface area contributed by atoms with Crippen LogP contribution < -0.4 is 4.74 Å². The van der Waals surface area contributed by atoms with Crippen molar-refractivity contribution in [3.05, 3.63) is 74.8 Å². The lowest BCUT2D eigenvalue weighted by atomic mass is 9.93. The van der Waals surface area contributed by atoms with E-state index in [9.17, 15) is 24.8 Å². The number of rotatable bonds is 9. The van der Waals surface area contributed by atoms with Gasteiger partial charge in [0.15, 0.2) is 0 Å². The Balaban J connectivity index is 2.12. The lowest BCUT2D eigenvalue weighted by Crippen LogP contribution is -2.32. The number of ether oxygens (including phenoxy) is 2. The first-order chi connectivity index (χ1) is 16.1. The summed E-state index contributed by atoms with van der Waals surface area (Å²) < 4.78 is 10.8. The summed E-state index contributed by atoms with van der Waals surface area (Å²) in [7, 11) is 1.46. The molecular formula is C25H28N2O7. The number of aryl methyl sites for hydroxylation is 1. The van der Waals surface area contributed by atoms with E-state index in [2.05, 4.69) is 0 Å². The molecule has 1 saturated heterocycles. The Bertz CT molecular complexity index is 1140. The van der Waals surface area contributed by atoms with Gasteiger partial charge >= 0.3 is 0 Å². The number of carbonyl (C=O) groups excluding carboxylic acids is 2. The van der Waals surface area contributed by atoms with Crippen LogP contribution in [0.3, 0.4) is 0 Å². The van der Waals surface area contributed by atoms with E-state index in [-0.39, 0.29) is 30.2 Å². The molecule has 1 aliphatic rings. The predicted octanol–water partition coefficient (Wildman–Crippen LogP) is 4.01. The van der Waals surface area contributed by atoms with Gasteiger partial charge in [0.2, 0.25) is 0 Å². The van der Waals surface area contributed by atoms with Gasteiger partial charge in [-0.05, 0) is 42.2 Å². The van der Waals surface area contributed by atoms with Gasteiger partial charge < -0.3 is 19.5 Å².